The summed E-state index contributed by atoms with van der Waals surface area (Å²) < 4.78 is 0. The monoisotopic (exact) mass is 153 g/mol. The number of allylic oxidation sites excluding steroid dienone is 1. The van der Waals surface area contributed by atoms with E-state index < -0.39 is 0 Å². The fourth-order valence-electron chi connectivity index (χ4n) is 1.33. The molecule has 0 amide bonds. The van der Waals surface area contributed by atoms with Gasteiger partial charge in [0.1, 0.15) is 0 Å². The van der Waals surface area contributed by atoms with Crippen molar-refractivity contribution in [2.24, 2.45) is 11.7 Å². The smallest absolute Gasteiger partial charge is 0.156 e. The largest absolute Gasteiger partial charge is 0.325 e. The SMILES string of the molecule is C=CC(=O)CC(C)(N)C1CC1. The van der Waals surface area contributed by atoms with Crippen molar-refractivity contribution in [1.82, 2.24) is 0 Å². The predicted molar refractivity (Wildman–Crippen MR) is 45.1 cm³/mol. The zero-order valence-corrected chi connectivity index (χ0v) is 6.97. The summed E-state index contributed by atoms with van der Waals surface area (Å²) in [6, 6.07) is 0. The van der Waals surface area contributed by atoms with Crippen LogP contribution in [0.5, 0.6) is 0 Å². The normalized spacial score (nSPS) is 22.4. The Balaban J connectivity index is 2.44. The summed E-state index contributed by atoms with van der Waals surface area (Å²) in [6.45, 7) is 5.37. The first-order valence-electron chi connectivity index (χ1n) is 4.00. The quantitative estimate of drug-likeness (QED) is 0.618. The first kappa shape index (κ1) is 8.47. The van der Waals surface area contributed by atoms with E-state index in [4.69, 9.17) is 5.73 Å². The summed E-state index contributed by atoms with van der Waals surface area (Å²) in [5.41, 5.74) is 5.64. The highest BCUT2D eigenvalue weighted by Gasteiger charge is 2.39. The third kappa shape index (κ3) is 2.15. The Morgan fingerprint density at radius 3 is 2.73 bits per heavy atom. The maximum Gasteiger partial charge on any atom is 0.156 e. The molecule has 1 unspecified atom stereocenters. The van der Waals surface area contributed by atoms with Gasteiger partial charge in [-0.1, -0.05) is 6.58 Å². The topological polar surface area (TPSA) is 43.1 Å². The minimum absolute atomic E-state index is 0.0573. The Labute approximate surface area is 67.5 Å². The minimum atomic E-state index is -0.286. The van der Waals surface area contributed by atoms with E-state index in [0.29, 0.717) is 12.3 Å². The number of carbonyl (C=O) groups is 1. The van der Waals surface area contributed by atoms with E-state index in [1.54, 1.807) is 0 Å². The lowest BCUT2D eigenvalue weighted by Crippen LogP contribution is -2.40. The van der Waals surface area contributed by atoms with Gasteiger partial charge in [0.15, 0.2) is 5.78 Å². The summed E-state index contributed by atoms with van der Waals surface area (Å²) in [6.07, 6.45) is 4.16. The van der Waals surface area contributed by atoms with Gasteiger partial charge in [-0.25, -0.2) is 0 Å². The number of ketones is 1. The van der Waals surface area contributed by atoms with Crippen LogP contribution in [0.2, 0.25) is 0 Å². The van der Waals surface area contributed by atoms with Gasteiger partial charge in [0.05, 0.1) is 0 Å². The average molecular weight is 153 g/mol. The predicted octanol–water partition coefficient (Wildman–Crippen LogP) is 1.26. The van der Waals surface area contributed by atoms with Crippen LogP contribution < -0.4 is 5.73 Å². The molecule has 0 spiro atoms. The third-order valence-corrected chi connectivity index (χ3v) is 2.29. The van der Waals surface area contributed by atoms with E-state index in [-0.39, 0.29) is 11.3 Å². The van der Waals surface area contributed by atoms with Crippen molar-refractivity contribution in [1.29, 1.82) is 0 Å². The molecule has 0 aliphatic heterocycles. The van der Waals surface area contributed by atoms with Gasteiger partial charge in [-0.2, -0.15) is 0 Å². The molecule has 0 radical (unpaired) electrons. The van der Waals surface area contributed by atoms with Crippen LogP contribution in [0.3, 0.4) is 0 Å². The number of hydrogen-bond acceptors (Lipinski definition) is 2. The van der Waals surface area contributed by atoms with Gasteiger partial charge in [-0.15, -0.1) is 0 Å². The second-order valence-electron chi connectivity index (χ2n) is 3.63. The molecule has 0 aromatic heterocycles. The van der Waals surface area contributed by atoms with E-state index >= 15 is 0 Å². The number of nitrogens with two attached hydrogens (primary N) is 1. The van der Waals surface area contributed by atoms with Crippen LogP contribution in [0.1, 0.15) is 26.2 Å². The summed E-state index contributed by atoms with van der Waals surface area (Å²) in [4.78, 5) is 11.0. The Hall–Kier alpha value is -0.630. The molecule has 0 bridgehead atoms. The van der Waals surface area contributed by atoms with Crippen molar-refractivity contribution in [3.63, 3.8) is 0 Å². The molecule has 1 fully saturated rings. The molecule has 1 aliphatic rings. The summed E-state index contributed by atoms with van der Waals surface area (Å²) in [5.74, 6) is 0.619. The second kappa shape index (κ2) is 2.78. The molecule has 2 heteroatoms. The summed E-state index contributed by atoms with van der Waals surface area (Å²) in [7, 11) is 0. The van der Waals surface area contributed by atoms with Gasteiger partial charge >= 0.3 is 0 Å². The van der Waals surface area contributed by atoms with Crippen LogP contribution in [-0.4, -0.2) is 11.3 Å². The van der Waals surface area contributed by atoms with Crippen molar-refractivity contribution in [3.8, 4) is 0 Å². The van der Waals surface area contributed by atoms with Crippen molar-refractivity contribution in [2.75, 3.05) is 0 Å². The van der Waals surface area contributed by atoms with Crippen molar-refractivity contribution < 1.29 is 4.79 Å². The highest BCUT2D eigenvalue weighted by atomic mass is 16.1. The Kier molecular flexibility index (Phi) is 2.14. The van der Waals surface area contributed by atoms with E-state index in [0.717, 1.165) is 0 Å². The Bertz CT molecular complexity index is 180. The average Bonchev–Trinajstić information content (AvgIpc) is 2.66. The molecule has 1 aliphatic carbocycles. The van der Waals surface area contributed by atoms with Crippen molar-refractivity contribution in [2.45, 2.75) is 31.7 Å². The van der Waals surface area contributed by atoms with E-state index in [2.05, 4.69) is 6.58 Å². The summed E-state index contributed by atoms with van der Waals surface area (Å²) in [5, 5.41) is 0. The molecule has 0 heterocycles. The number of rotatable bonds is 4. The van der Waals surface area contributed by atoms with E-state index in [1.165, 1.54) is 18.9 Å². The molecule has 0 saturated heterocycles. The van der Waals surface area contributed by atoms with Crippen LogP contribution >= 0.6 is 0 Å². The lowest BCUT2D eigenvalue weighted by molar-refractivity contribution is -0.115. The third-order valence-electron chi connectivity index (χ3n) is 2.29. The van der Waals surface area contributed by atoms with E-state index in [1.807, 2.05) is 6.92 Å². The van der Waals surface area contributed by atoms with Gasteiger partial charge in [-0.05, 0) is 31.8 Å². The molecule has 1 saturated carbocycles. The van der Waals surface area contributed by atoms with Crippen LogP contribution in [0.25, 0.3) is 0 Å². The van der Waals surface area contributed by atoms with Crippen molar-refractivity contribution >= 4 is 5.78 Å². The van der Waals surface area contributed by atoms with Crippen molar-refractivity contribution in [3.05, 3.63) is 12.7 Å². The fraction of sp³-hybridized carbons (Fsp3) is 0.667. The molecule has 2 N–H and O–H groups in total. The molecule has 2 nitrogen and oxygen atoms in total. The van der Waals surface area contributed by atoms with Gasteiger partial charge in [0.25, 0.3) is 0 Å². The molecule has 1 rings (SSSR count). The molecule has 0 aromatic rings. The molecule has 1 atom stereocenters. The summed E-state index contributed by atoms with van der Waals surface area (Å²) >= 11 is 0. The van der Waals surface area contributed by atoms with Crippen LogP contribution in [0.4, 0.5) is 0 Å². The lowest BCUT2D eigenvalue weighted by Gasteiger charge is -2.22. The standard InChI is InChI=1S/C9H15NO/c1-3-8(11)6-9(2,10)7-4-5-7/h3,7H,1,4-6,10H2,2H3. The van der Waals surface area contributed by atoms with Gasteiger partial charge in [0, 0.05) is 12.0 Å². The molecule has 11 heavy (non-hydrogen) atoms. The highest BCUT2D eigenvalue weighted by Crippen LogP contribution is 2.39. The Morgan fingerprint density at radius 1 is 1.82 bits per heavy atom. The number of carbonyl (C=O) groups excluding carboxylic acids is 1. The fourth-order valence-corrected chi connectivity index (χ4v) is 1.33. The first-order valence-corrected chi connectivity index (χ1v) is 4.00. The Morgan fingerprint density at radius 2 is 2.36 bits per heavy atom. The zero-order chi connectivity index (χ0) is 8.48. The first-order chi connectivity index (χ1) is 5.06. The molecular weight excluding hydrogens is 138 g/mol. The second-order valence-corrected chi connectivity index (χ2v) is 3.63. The number of hydrogen-bond donors (Lipinski definition) is 1. The van der Waals surface area contributed by atoms with Gasteiger partial charge < -0.3 is 5.73 Å². The maximum atomic E-state index is 11.0. The molecule has 62 valence electrons. The highest BCUT2D eigenvalue weighted by molar-refractivity contribution is 5.89. The van der Waals surface area contributed by atoms with Crippen LogP contribution in [-0.2, 0) is 4.79 Å². The molecular formula is C9H15NO. The van der Waals surface area contributed by atoms with Crippen LogP contribution in [0, 0.1) is 5.92 Å². The van der Waals surface area contributed by atoms with Crippen LogP contribution in [0.15, 0.2) is 12.7 Å². The zero-order valence-electron chi connectivity index (χ0n) is 6.97. The van der Waals surface area contributed by atoms with Gasteiger partial charge in [-0.3, -0.25) is 4.79 Å². The minimum Gasteiger partial charge on any atom is -0.325 e. The maximum absolute atomic E-state index is 11.0. The van der Waals surface area contributed by atoms with Gasteiger partial charge in [0.2, 0.25) is 0 Å². The van der Waals surface area contributed by atoms with E-state index in [9.17, 15) is 4.79 Å². The molecule has 0 aromatic carbocycles. The lowest BCUT2D eigenvalue weighted by atomic mass is 9.91.